The minimum Gasteiger partial charge on any atom is -0.381 e. The largest absolute Gasteiger partial charge is 0.381 e. The van der Waals surface area contributed by atoms with Crippen molar-refractivity contribution in [1.82, 2.24) is 5.32 Å². The lowest BCUT2D eigenvalue weighted by Gasteiger charge is -2.31. The summed E-state index contributed by atoms with van der Waals surface area (Å²) in [5.74, 6) is -1.66. The van der Waals surface area contributed by atoms with E-state index < -0.39 is 17.2 Å². The molecule has 2 rings (SSSR count). The number of benzene rings is 1. The first-order valence-corrected chi connectivity index (χ1v) is 6.10. The van der Waals surface area contributed by atoms with Crippen LogP contribution in [0.2, 0.25) is 0 Å². The average Bonchev–Trinajstić information content (AvgIpc) is 2.38. The first-order valence-electron chi connectivity index (χ1n) is 6.10. The number of nitrogens with two attached hydrogens (primary N) is 1. The molecule has 112 valence electrons. The molecular weight excluding hydrogens is 290 g/mol. The van der Waals surface area contributed by atoms with Crippen molar-refractivity contribution in [2.24, 2.45) is 5.73 Å². The minimum atomic E-state index is -0.964. The number of rotatable bonds is 3. The zero-order valence-corrected chi connectivity index (χ0v) is 11.6. The van der Waals surface area contributed by atoms with Gasteiger partial charge in [-0.3, -0.25) is 4.79 Å². The van der Waals surface area contributed by atoms with Crippen LogP contribution in [0.25, 0.3) is 0 Å². The molecule has 1 aliphatic heterocycles. The van der Waals surface area contributed by atoms with Crippen molar-refractivity contribution in [1.29, 1.82) is 0 Å². The summed E-state index contributed by atoms with van der Waals surface area (Å²) in [4.78, 5) is 12.0. The summed E-state index contributed by atoms with van der Waals surface area (Å²) in [5, 5.41) is 2.59. The van der Waals surface area contributed by atoms with E-state index in [1.807, 2.05) is 0 Å². The molecule has 1 saturated heterocycles. The van der Waals surface area contributed by atoms with E-state index in [1.165, 1.54) is 6.07 Å². The quantitative estimate of drug-likeness (QED) is 0.890. The maximum Gasteiger partial charge on any atom is 0.240 e. The Hall–Kier alpha value is -1.24. The van der Waals surface area contributed by atoms with Crippen molar-refractivity contribution in [3.8, 4) is 0 Å². The van der Waals surface area contributed by atoms with Crippen LogP contribution in [-0.2, 0) is 16.1 Å². The molecule has 0 aliphatic carbocycles. The Morgan fingerprint density at radius 2 is 2.00 bits per heavy atom. The maximum absolute atomic E-state index is 13.4. The van der Waals surface area contributed by atoms with Gasteiger partial charge in [0.15, 0.2) is 0 Å². The normalized spacial score (nSPS) is 17.1. The predicted molar refractivity (Wildman–Crippen MR) is 72.4 cm³/mol. The SMILES string of the molecule is Cl.NC1(C(=O)NCc2ccc(F)cc2F)CCOCC1. The molecule has 0 radical (unpaired) electrons. The van der Waals surface area contributed by atoms with Gasteiger partial charge in [-0.05, 0) is 18.9 Å². The van der Waals surface area contributed by atoms with Crippen molar-refractivity contribution >= 4 is 18.3 Å². The molecule has 0 aromatic heterocycles. The fraction of sp³-hybridized carbons (Fsp3) is 0.462. The van der Waals surface area contributed by atoms with Crippen LogP contribution >= 0.6 is 12.4 Å². The lowest BCUT2D eigenvalue weighted by Crippen LogP contribution is -2.56. The van der Waals surface area contributed by atoms with Gasteiger partial charge in [0.25, 0.3) is 0 Å². The molecule has 0 unspecified atom stereocenters. The lowest BCUT2D eigenvalue weighted by molar-refractivity contribution is -0.129. The maximum atomic E-state index is 13.4. The van der Waals surface area contributed by atoms with E-state index in [4.69, 9.17) is 10.5 Å². The number of ether oxygens (including phenoxy) is 1. The summed E-state index contributed by atoms with van der Waals surface area (Å²) in [6.07, 6.45) is 0.871. The van der Waals surface area contributed by atoms with Gasteiger partial charge in [0.2, 0.25) is 5.91 Å². The van der Waals surface area contributed by atoms with E-state index in [1.54, 1.807) is 0 Å². The van der Waals surface area contributed by atoms with Crippen LogP contribution in [0.4, 0.5) is 8.78 Å². The standard InChI is InChI=1S/C13H16F2N2O2.ClH/c14-10-2-1-9(11(15)7-10)8-17-12(18)13(16)3-5-19-6-4-13;/h1-2,7H,3-6,8,16H2,(H,17,18);1H. The number of amides is 1. The Labute approximate surface area is 122 Å². The van der Waals surface area contributed by atoms with Gasteiger partial charge >= 0.3 is 0 Å². The van der Waals surface area contributed by atoms with E-state index in [0.717, 1.165) is 12.1 Å². The first kappa shape index (κ1) is 16.8. The van der Waals surface area contributed by atoms with Crippen LogP contribution in [0.15, 0.2) is 18.2 Å². The fourth-order valence-electron chi connectivity index (χ4n) is 1.98. The third-order valence-corrected chi connectivity index (χ3v) is 3.29. The molecule has 0 spiro atoms. The topological polar surface area (TPSA) is 64.4 Å². The number of carbonyl (C=O) groups is 1. The zero-order valence-electron chi connectivity index (χ0n) is 10.8. The fourth-order valence-corrected chi connectivity index (χ4v) is 1.98. The molecule has 0 atom stereocenters. The van der Waals surface area contributed by atoms with E-state index in [9.17, 15) is 13.6 Å². The average molecular weight is 307 g/mol. The van der Waals surface area contributed by atoms with Crippen LogP contribution in [-0.4, -0.2) is 24.7 Å². The van der Waals surface area contributed by atoms with Crippen LogP contribution in [0, 0.1) is 11.6 Å². The van der Waals surface area contributed by atoms with Gasteiger partial charge in [0.1, 0.15) is 11.6 Å². The van der Waals surface area contributed by atoms with Gasteiger partial charge in [0, 0.05) is 31.4 Å². The van der Waals surface area contributed by atoms with E-state index in [-0.39, 0.29) is 30.4 Å². The third kappa shape index (κ3) is 3.88. The second kappa shape index (κ2) is 6.97. The predicted octanol–water partition coefficient (Wildman–Crippen LogP) is 1.51. The highest BCUT2D eigenvalue weighted by Crippen LogP contribution is 2.18. The van der Waals surface area contributed by atoms with Gasteiger partial charge in [-0.1, -0.05) is 6.07 Å². The van der Waals surface area contributed by atoms with Crippen LogP contribution in [0.1, 0.15) is 18.4 Å². The van der Waals surface area contributed by atoms with E-state index >= 15 is 0 Å². The summed E-state index contributed by atoms with van der Waals surface area (Å²) < 4.78 is 31.3. The van der Waals surface area contributed by atoms with Crippen molar-refractivity contribution < 1.29 is 18.3 Å². The van der Waals surface area contributed by atoms with Crippen molar-refractivity contribution in [2.45, 2.75) is 24.9 Å². The Morgan fingerprint density at radius 1 is 1.35 bits per heavy atom. The van der Waals surface area contributed by atoms with Crippen molar-refractivity contribution in [2.75, 3.05) is 13.2 Å². The summed E-state index contributed by atoms with van der Waals surface area (Å²) in [7, 11) is 0. The molecule has 20 heavy (non-hydrogen) atoms. The molecule has 0 saturated carbocycles. The van der Waals surface area contributed by atoms with E-state index in [2.05, 4.69) is 5.32 Å². The molecule has 1 aliphatic rings. The molecule has 4 nitrogen and oxygen atoms in total. The molecule has 1 fully saturated rings. The lowest BCUT2D eigenvalue weighted by atomic mass is 9.90. The number of hydrogen-bond donors (Lipinski definition) is 2. The summed E-state index contributed by atoms with van der Waals surface area (Å²) in [5.41, 5.74) is 5.25. The molecule has 0 bridgehead atoms. The summed E-state index contributed by atoms with van der Waals surface area (Å²) in [6, 6.07) is 3.24. The van der Waals surface area contributed by atoms with Crippen LogP contribution in [0.3, 0.4) is 0 Å². The number of carbonyl (C=O) groups excluding carboxylic acids is 1. The first-order chi connectivity index (χ1) is 9.01. The molecule has 3 N–H and O–H groups in total. The molecule has 7 heteroatoms. The van der Waals surface area contributed by atoms with Crippen LogP contribution < -0.4 is 11.1 Å². The number of halogens is 3. The third-order valence-electron chi connectivity index (χ3n) is 3.29. The zero-order chi connectivity index (χ0) is 13.9. The summed E-state index contributed by atoms with van der Waals surface area (Å²) >= 11 is 0. The smallest absolute Gasteiger partial charge is 0.240 e. The Bertz CT molecular complexity index is 479. The van der Waals surface area contributed by atoms with E-state index in [0.29, 0.717) is 26.1 Å². The van der Waals surface area contributed by atoms with Crippen molar-refractivity contribution in [3.63, 3.8) is 0 Å². The second-order valence-electron chi connectivity index (χ2n) is 4.69. The highest BCUT2D eigenvalue weighted by Gasteiger charge is 2.35. The Morgan fingerprint density at radius 3 is 2.60 bits per heavy atom. The number of nitrogens with one attached hydrogen (secondary N) is 1. The molecular formula is C13H17ClF2N2O2. The highest BCUT2D eigenvalue weighted by molar-refractivity contribution is 5.86. The van der Waals surface area contributed by atoms with Gasteiger partial charge in [-0.25, -0.2) is 8.78 Å². The monoisotopic (exact) mass is 306 g/mol. The molecule has 1 amide bonds. The van der Waals surface area contributed by atoms with Gasteiger partial charge < -0.3 is 15.8 Å². The van der Waals surface area contributed by atoms with Gasteiger partial charge in [-0.2, -0.15) is 0 Å². The molecule has 1 aromatic carbocycles. The number of hydrogen-bond acceptors (Lipinski definition) is 3. The summed E-state index contributed by atoms with van der Waals surface area (Å²) in [6.45, 7) is 0.869. The van der Waals surface area contributed by atoms with Gasteiger partial charge in [0.05, 0.1) is 5.54 Å². The Balaban J connectivity index is 0.00000200. The van der Waals surface area contributed by atoms with Crippen molar-refractivity contribution in [3.05, 3.63) is 35.4 Å². The minimum absolute atomic E-state index is 0. The molecule has 1 aromatic rings. The van der Waals surface area contributed by atoms with Crippen LogP contribution in [0.5, 0.6) is 0 Å². The highest BCUT2D eigenvalue weighted by atomic mass is 35.5. The van der Waals surface area contributed by atoms with Gasteiger partial charge in [-0.15, -0.1) is 12.4 Å². The second-order valence-corrected chi connectivity index (χ2v) is 4.69. The molecule has 1 heterocycles. The Kier molecular flexibility index (Phi) is 5.86.